The number of amides is 2. The lowest BCUT2D eigenvalue weighted by atomic mass is 10.1. The van der Waals surface area contributed by atoms with E-state index in [1.54, 1.807) is 35.1 Å². The Morgan fingerprint density at radius 2 is 1.84 bits per heavy atom. The van der Waals surface area contributed by atoms with Crippen LogP contribution < -0.4 is 20.4 Å². The van der Waals surface area contributed by atoms with E-state index in [2.05, 4.69) is 25.6 Å². The Balaban J connectivity index is 1.35. The van der Waals surface area contributed by atoms with Gasteiger partial charge < -0.3 is 20.4 Å². The van der Waals surface area contributed by atoms with Gasteiger partial charge in [-0.1, -0.05) is 48.4 Å². The lowest BCUT2D eigenvalue weighted by Gasteiger charge is -2.24. The molecule has 1 aliphatic heterocycles. The van der Waals surface area contributed by atoms with Gasteiger partial charge in [-0.05, 0) is 62.7 Å². The van der Waals surface area contributed by atoms with Gasteiger partial charge in [0, 0.05) is 68.3 Å². The lowest BCUT2D eigenvalue weighted by Crippen LogP contribution is -2.29. The first kappa shape index (κ1) is 31.7. The van der Waals surface area contributed by atoms with Crippen LogP contribution in [0, 0.1) is 0 Å². The number of likely N-dealkylation sites (tertiary alicyclic amines) is 1. The fourth-order valence-electron chi connectivity index (χ4n) is 5.24. The van der Waals surface area contributed by atoms with E-state index < -0.39 is 0 Å². The minimum Gasteiger partial charge on any atom is -0.329 e. The molecule has 1 fully saturated rings. The van der Waals surface area contributed by atoms with Gasteiger partial charge in [0.25, 0.3) is 0 Å². The molecule has 234 valence electrons. The number of piperidine rings is 1. The van der Waals surface area contributed by atoms with Crippen LogP contribution in [0.15, 0.2) is 79.1 Å². The van der Waals surface area contributed by atoms with E-state index in [0.29, 0.717) is 41.3 Å². The Kier molecular flexibility index (Phi) is 10.8. The van der Waals surface area contributed by atoms with E-state index >= 15 is 0 Å². The predicted molar refractivity (Wildman–Crippen MR) is 180 cm³/mol. The quantitative estimate of drug-likeness (QED) is 0.146. The molecule has 0 radical (unpaired) electrons. The minimum absolute atomic E-state index is 0.177. The molecule has 2 N–H and O–H groups in total. The Hall–Kier alpha value is -4.74. The molecule has 3 heterocycles. The van der Waals surface area contributed by atoms with E-state index in [-0.39, 0.29) is 5.91 Å². The number of carbonyl (C=O) groups is 2. The zero-order valence-corrected chi connectivity index (χ0v) is 26.3. The fraction of sp³-hybridized carbons (Fsp3) is 0.303. The van der Waals surface area contributed by atoms with Crippen LogP contribution >= 0.6 is 11.6 Å². The maximum Gasteiger partial charge on any atom is 0.248 e. The van der Waals surface area contributed by atoms with Crippen LogP contribution in [-0.2, 0) is 23.1 Å². The normalized spacial score (nSPS) is 13.5. The van der Waals surface area contributed by atoms with Crippen molar-refractivity contribution in [2.24, 2.45) is 7.05 Å². The second kappa shape index (κ2) is 15.3. The summed E-state index contributed by atoms with van der Waals surface area (Å²) in [5.41, 5.74) is 3.69. The summed E-state index contributed by atoms with van der Waals surface area (Å²) in [5.74, 6) is 0.801. The van der Waals surface area contributed by atoms with Gasteiger partial charge in [0.05, 0.1) is 5.69 Å². The van der Waals surface area contributed by atoms with Crippen molar-refractivity contribution >= 4 is 58.4 Å². The zero-order valence-electron chi connectivity index (χ0n) is 25.6. The highest BCUT2D eigenvalue weighted by atomic mass is 35.5. The molecule has 1 aliphatic rings. The molecule has 1 saturated heterocycles. The standard InChI is InChI=1S/C33H38ClN9O2/c1-40-23-29(31(34)39-40)37-33-35-22-25(16-20-43(24-44)27-12-5-3-6-13-27)32(38-33)41(2)28-14-9-11-26(21-28)36-30(45)15-10-19-42-17-7-4-8-18-42/h3,5-6,9-15,21-24H,4,7-8,16-20H2,1-2H3,(H,36,45)(H,35,37,38)/b15-10+. The number of carbonyl (C=O) groups excluding carboxylic acids is 2. The molecule has 2 aromatic heterocycles. The molecule has 0 bridgehead atoms. The van der Waals surface area contributed by atoms with Gasteiger partial charge in [-0.3, -0.25) is 19.2 Å². The molecule has 12 heteroatoms. The average molecular weight is 628 g/mol. The largest absolute Gasteiger partial charge is 0.329 e. The summed E-state index contributed by atoms with van der Waals surface area (Å²) >= 11 is 6.27. The first-order valence-electron chi connectivity index (χ1n) is 15.0. The third kappa shape index (κ3) is 8.68. The number of nitrogens with one attached hydrogen (secondary N) is 2. The second-order valence-corrected chi connectivity index (χ2v) is 11.3. The number of benzene rings is 2. The molecule has 2 aromatic carbocycles. The van der Waals surface area contributed by atoms with Crippen molar-refractivity contribution in [3.05, 3.63) is 89.9 Å². The molecule has 45 heavy (non-hydrogen) atoms. The Morgan fingerprint density at radius 1 is 1.07 bits per heavy atom. The number of aryl methyl sites for hydroxylation is 1. The van der Waals surface area contributed by atoms with Crippen LogP contribution in [0.1, 0.15) is 24.8 Å². The summed E-state index contributed by atoms with van der Waals surface area (Å²) in [7, 11) is 3.68. The molecule has 0 aliphatic carbocycles. The highest BCUT2D eigenvalue weighted by molar-refractivity contribution is 6.32. The average Bonchev–Trinajstić information content (AvgIpc) is 3.38. The highest BCUT2D eigenvalue weighted by Gasteiger charge is 2.17. The Labute approximate surface area is 268 Å². The van der Waals surface area contributed by atoms with Crippen molar-refractivity contribution in [1.82, 2.24) is 24.6 Å². The summed E-state index contributed by atoms with van der Waals surface area (Å²) in [6.07, 6.45) is 12.1. The lowest BCUT2D eigenvalue weighted by molar-refractivity contribution is -0.112. The van der Waals surface area contributed by atoms with E-state index in [4.69, 9.17) is 16.6 Å². The SMILES string of the molecule is CN(c1cccc(NC(=O)/C=C/CN2CCCCC2)c1)c1nc(Nc2cn(C)nc2Cl)ncc1CCN(C=O)c1ccccc1. The van der Waals surface area contributed by atoms with Crippen LogP contribution in [0.3, 0.4) is 0 Å². The van der Waals surface area contributed by atoms with Gasteiger partial charge in [0.15, 0.2) is 5.15 Å². The zero-order chi connectivity index (χ0) is 31.6. The number of anilines is 6. The number of hydrogen-bond donors (Lipinski definition) is 2. The maximum absolute atomic E-state index is 12.7. The number of hydrogen-bond acceptors (Lipinski definition) is 8. The maximum atomic E-state index is 12.7. The molecular formula is C33H38ClN9O2. The third-order valence-corrected chi connectivity index (χ3v) is 7.89. The number of rotatable bonds is 13. The van der Waals surface area contributed by atoms with Gasteiger partial charge >= 0.3 is 0 Å². The minimum atomic E-state index is -0.177. The first-order chi connectivity index (χ1) is 21.9. The monoisotopic (exact) mass is 627 g/mol. The van der Waals surface area contributed by atoms with Crippen molar-refractivity contribution in [1.29, 1.82) is 0 Å². The summed E-state index contributed by atoms with van der Waals surface area (Å²) in [5, 5.41) is 10.6. The summed E-state index contributed by atoms with van der Waals surface area (Å²) in [6.45, 7) is 3.37. The number of halogens is 1. The van der Waals surface area contributed by atoms with Gasteiger partial charge in [0.1, 0.15) is 5.82 Å². The van der Waals surface area contributed by atoms with Gasteiger partial charge in [-0.2, -0.15) is 10.1 Å². The molecular weight excluding hydrogens is 590 g/mol. The topological polar surface area (TPSA) is 112 Å². The molecule has 0 atom stereocenters. The van der Waals surface area contributed by atoms with E-state index in [1.165, 1.54) is 19.3 Å². The van der Waals surface area contributed by atoms with Crippen LogP contribution in [-0.4, -0.2) is 70.2 Å². The third-order valence-electron chi connectivity index (χ3n) is 7.61. The smallest absolute Gasteiger partial charge is 0.248 e. The molecule has 0 saturated carbocycles. The molecule has 0 spiro atoms. The van der Waals surface area contributed by atoms with Crippen molar-refractivity contribution in [3.8, 4) is 0 Å². The van der Waals surface area contributed by atoms with Crippen LogP contribution in [0.2, 0.25) is 5.15 Å². The molecule has 0 unspecified atom stereocenters. The van der Waals surface area contributed by atoms with Crippen LogP contribution in [0.4, 0.5) is 34.5 Å². The van der Waals surface area contributed by atoms with Crippen LogP contribution in [0.25, 0.3) is 0 Å². The molecule has 2 amide bonds. The van der Waals surface area contributed by atoms with E-state index in [0.717, 1.165) is 43.0 Å². The van der Waals surface area contributed by atoms with Crippen molar-refractivity contribution in [2.45, 2.75) is 25.7 Å². The summed E-state index contributed by atoms with van der Waals surface area (Å²) in [4.78, 5) is 40.0. The van der Waals surface area contributed by atoms with Crippen molar-refractivity contribution in [3.63, 3.8) is 0 Å². The summed E-state index contributed by atoms with van der Waals surface area (Å²) in [6, 6.07) is 17.1. The van der Waals surface area contributed by atoms with Gasteiger partial charge in [0.2, 0.25) is 18.3 Å². The fourth-order valence-corrected chi connectivity index (χ4v) is 5.46. The van der Waals surface area contributed by atoms with Gasteiger partial charge in [-0.15, -0.1) is 0 Å². The molecule has 11 nitrogen and oxygen atoms in total. The van der Waals surface area contributed by atoms with E-state index in [1.807, 2.05) is 72.6 Å². The number of para-hydroxylation sites is 1. The summed E-state index contributed by atoms with van der Waals surface area (Å²) < 4.78 is 1.60. The molecule has 4 aromatic rings. The number of nitrogens with zero attached hydrogens (tertiary/aromatic N) is 7. The second-order valence-electron chi connectivity index (χ2n) is 10.9. The van der Waals surface area contributed by atoms with Crippen molar-refractivity contribution in [2.75, 3.05) is 53.7 Å². The van der Waals surface area contributed by atoms with Gasteiger partial charge in [-0.25, -0.2) is 4.98 Å². The number of aromatic nitrogens is 4. The Bertz CT molecular complexity index is 1620. The van der Waals surface area contributed by atoms with Crippen LogP contribution in [0.5, 0.6) is 0 Å². The van der Waals surface area contributed by atoms with Crippen molar-refractivity contribution < 1.29 is 9.59 Å². The van der Waals surface area contributed by atoms with E-state index in [9.17, 15) is 9.59 Å². The highest BCUT2D eigenvalue weighted by Crippen LogP contribution is 2.30. The molecule has 5 rings (SSSR count). The predicted octanol–water partition coefficient (Wildman–Crippen LogP) is 5.56. The first-order valence-corrected chi connectivity index (χ1v) is 15.4. The Morgan fingerprint density at radius 3 is 2.58 bits per heavy atom.